The van der Waals surface area contributed by atoms with Crippen LogP contribution in [0.5, 0.6) is 0 Å². The summed E-state index contributed by atoms with van der Waals surface area (Å²) < 4.78 is 142. The van der Waals surface area contributed by atoms with E-state index in [1.807, 2.05) is 0 Å². The Morgan fingerprint density at radius 1 is 0.907 bits per heavy atom. The lowest BCUT2D eigenvalue weighted by atomic mass is 9.73. The lowest BCUT2D eigenvalue weighted by molar-refractivity contribution is -0.348. The molecule has 1 saturated carbocycles. The zero-order valence-electron chi connectivity index (χ0n) is 22.4. The zero-order chi connectivity index (χ0) is 31.6. The van der Waals surface area contributed by atoms with Crippen LogP contribution in [0.3, 0.4) is 0 Å². The van der Waals surface area contributed by atoms with Crippen molar-refractivity contribution in [2.24, 2.45) is 5.92 Å². The summed E-state index contributed by atoms with van der Waals surface area (Å²) in [5, 5.41) is 13.6. The van der Waals surface area contributed by atoms with Crippen LogP contribution < -0.4 is 5.32 Å². The second kappa shape index (κ2) is 10.4. The quantitative estimate of drug-likeness (QED) is 0.348. The van der Waals surface area contributed by atoms with Crippen molar-refractivity contribution in [1.82, 2.24) is 5.32 Å². The molecule has 1 heterocycles. The minimum absolute atomic E-state index is 0.00968. The first-order valence-electron chi connectivity index (χ1n) is 13.5. The van der Waals surface area contributed by atoms with Gasteiger partial charge in [-0.2, -0.15) is 26.3 Å². The van der Waals surface area contributed by atoms with Crippen molar-refractivity contribution in [2.45, 2.75) is 77.8 Å². The largest absolute Gasteiger partial charge is 0.435 e. The first-order valence-corrected chi connectivity index (χ1v) is 14.9. The summed E-state index contributed by atoms with van der Waals surface area (Å²) in [5.74, 6) is -2.44. The van der Waals surface area contributed by atoms with Gasteiger partial charge in [-0.1, -0.05) is 18.2 Å². The molecular weight excluding hydrogens is 614 g/mol. The number of ether oxygens (including phenoxy) is 1. The number of carbonyl (C=O) groups excluding carboxylic acids is 1. The number of benzene rings is 2. The molecule has 1 saturated heterocycles. The first-order chi connectivity index (χ1) is 19.9. The van der Waals surface area contributed by atoms with E-state index in [1.165, 1.54) is 0 Å². The lowest BCUT2D eigenvalue weighted by Crippen LogP contribution is -2.55. The van der Waals surface area contributed by atoms with Crippen LogP contribution in [0.1, 0.15) is 48.8 Å². The molecule has 6 nitrogen and oxygen atoms in total. The van der Waals surface area contributed by atoms with Gasteiger partial charge in [-0.05, 0) is 61.1 Å². The van der Waals surface area contributed by atoms with Crippen LogP contribution in [0.4, 0.5) is 35.1 Å². The van der Waals surface area contributed by atoms with Gasteiger partial charge in [0.1, 0.15) is 16.2 Å². The number of sulfone groups is 1. The van der Waals surface area contributed by atoms with Crippen LogP contribution >= 0.6 is 0 Å². The molecule has 2 aliphatic carbocycles. The molecular formula is C28H27F8NO5S. The molecule has 2 fully saturated rings. The van der Waals surface area contributed by atoms with Crippen molar-refractivity contribution < 1.29 is 58.2 Å². The second-order valence-electron chi connectivity index (χ2n) is 11.3. The topological polar surface area (TPSA) is 92.7 Å². The molecule has 43 heavy (non-hydrogen) atoms. The Kier molecular flexibility index (Phi) is 7.65. The molecule has 3 atom stereocenters. The number of carbonyl (C=O) groups is 1. The number of halogens is 8. The summed E-state index contributed by atoms with van der Waals surface area (Å²) in [7, 11) is -4.54. The number of amides is 1. The highest BCUT2D eigenvalue weighted by molar-refractivity contribution is 7.92. The second-order valence-corrected chi connectivity index (χ2v) is 13.5. The summed E-state index contributed by atoms with van der Waals surface area (Å²) in [6, 6.07) is 4.40. The Hall–Kier alpha value is -2.78. The van der Waals surface area contributed by atoms with Gasteiger partial charge in [0.2, 0.25) is 0 Å². The Balaban J connectivity index is 1.63. The van der Waals surface area contributed by atoms with Gasteiger partial charge in [-0.25, -0.2) is 17.2 Å². The number of rotatable bonds is 5. The Morgan fingerprint density at radius 2 is 1.51 bits per heavy atom. The first kappa shape index (κ1) is 31.6. The van der Waals surface area contributed by atoms with Crippen molar-refractivity contribution in [2.75, 3.05) is 13.2 Å². The number of hydrogen-bond acceptors (Lipinski definition) is 5. The molecule has 0 unspecified atom stereocenters. The van der Waals surface area contributed by atoms with Crippen LogP contribution in [0.15, 0.2) is 47.4 Å². The predicted molar refractivity (Wildman–Crippen MR) is 135 cm³/mol. The lowest BCUT2D eigenvalue weighted by Gasteiger charge is -2.43. The predicted octanol–water partition coefficient (Wildman–Crippen LogP) is 5.17. The molecule has 1 aliphatic heterocycles. The summed E-state index contributed by atoms with van der Waals surface area (Å²) in [4.78, 5) is 12.8. The van der Waals surface area contributed by atoms with Crippen LogP contribution in [-0.4, -0.2) is 56.6 Å². The maximum absolute atomic E-state index is 14.9. The van der Waals surface area contributed by atoms with E-state index in [0.29, 0.717) is 12.1 Å². The van der Waals surface area contributed by atoms with E-state index in [1.54, 1.807) is 0 Å². The summed E-state index contributed by atoms with van der Waals surface area (Å²) in [6.45, 7) is 0.227. The van der Waals surface area contributed by atoms with E-state index < -0.39 is 67.5 Å². The Bertz CT molecular complexity index is 1490. The molecule has 3 aliphatic rings. The molecule has 0 spiro atoms. The van der Waals surface area contributed by atoms with Gasteiger partial charge in [0, 0.05) is 43.6 Å². The molecule has 0 bridgehead atoms. The van der Waals surface area contributed by atoms with Crippen molar-refractivity contribution in [1.29, 1.82) is 0 Å². The van der Waals surface area contributed by atoms with Crippen molar-refractivity contribution in [3.05, 3.63) is 65.0 Å². The van der Waals surface area contributed by atoms with E-state index in [2.05, 4.69) is 5.32 Å². The van der Waals surface area contributed by atoms with E-state index in [9.17, 15) is 53.4 Å². The molecule has 236 valence electrons. The van der Waals surface area contributed by atoms with E-state index in [-0.39, 0.29) is 67.8 Å². The summed E-state index contributed by atoms with van der Waals surface area (Å²) >= 11 is 0. The van der Waals surface area contributed by atoms with E-state index in [0.717, 1.165) is 30.3 Å². The molecule has 1 amide bonds. The third kappa shape index (κ3) is 4.82. The van der Waals surface area contributed by atoms with E-state index in [4.69, 9.17) is 4.74 Å². The SMILES string of the molecule is O=C(N[C@@H]1CC[C@@]2(S(=O)(=O)c3ccc(F)cc3)c3ccc(C(F)(C(F)(F)F)C(F)(F)F)cc3CC[C@@H]12)C1(O)CCOCC1. The van der Waals surface area contributed by atoms with Crippen LogP contribution in [0.2, 0.25) is 0 Å². The van der Waals surface area contributed by atoms with Crippen LogP contribution in [0, 0.1) is 11.7 Å². The Morgan fingerprint density at radius 3 is 2.09 bits per heavy atom. The number of aliphatic hydroxyl groups is 1. The summed E-state index contributed by atoms with van der Waals surface area (Å²) in [6.07, 6.45) is -13.2. The fourth-order valence-electron chi connectivity index (χ4n) is 6.79. The number of hydrogen-bond donors (Lipinski definition) is 2. The average Bonchev–Trinajstić information content (AvgIpc) is 3.32. The molecule has 2 aromatic carbocycles. The molecule has 15 heteroatoms. The zero-order valence-corrected chi connectivity index (χ0v) is 23.2. The van der Waals surface area contributed by atoms with Gasteiger partial charge in [-0.3, -0.25) is 4.79 Å². The average molecular weight is 642 g/mol. The summed E-state index contributed by atoms with van der Waals surface area (Å²) in [5.41, 5.74) is -9.56. The third-order valence-corrected chi connectivity index (χ3v) is 11.6. The van der Waals surface area contributed by atoms with Crippen molar-refractivity contribution in [3.63, 3.8) is 0 Å². The third-order valence-electron chi connectivity index (χ3n) is 9.04. The maximum atomic E-state index is 14.9. The van der Waals surface area contributed by atoms with Gasteiger partial charge < -0.3 is 15.2 Å². The highest BCUT2D eigenvalue weighted by atomic mass is 32.2. The molecule has 0 aromatic heterocycles. The van der Waals surface area contributed by atoms with Crippen LogP contribution in [0.25, 0.3) is 0 Å². The highest BCUT2D eigenvalue weighted by Crippen LogP contribution is 2.59. The van der Waals surface area contributed by atoms with Crippen LogP contribution in [-0.2, 0) is 36.2 Å². The normalized spacial score (nSPS) is 26.0. The molecule has 2 aromatic rings. The highest BCUT2D eigenvalue weighted by Gasteiger charge is 2.74. The fourth-order valence-corrected chi connectivity index (χ4v) is 9.26. The Labute approximate surface area is 241 Å². The smallest absolute Gasteiger partial charge is 0.381 e. The molecule has 0 radical (unpaired) electrons. The maximum Gasteiger partial charge on any atom is 0.435 e. The fraction of sp³-hybridized carbons (Fsp3) is 0.536. The van der Waals surface area contributed by atoms with Crippen molar-refractivity contribution >= 4 is 15.7 Å². The van der Waals surface area contributed by atoms with Gasteiger partial charge in [0.15, 0.2) is 9.84 Å². The molecule has 2 N–H and O–H groups in total. The van der Waals surface area contributed by atoms with Gasteiger partial charge in [0.05, 0.1) is 4.90 Å². The number of fused-ring (bicyclic) bond motifs is 3. The standard InChI is InChI=1S/C28H27F8NO5S/c29-18-3-5-19(6-4-18)43(40,41)25-10-9-22(37-23(38)24(39)11-13-42-14-12-24)21(25)7-1-16-15-17(2-8-20(16)25)26(30,27(31,32)33)28(34,35)36/h2-6,8,15,21-22,39H,1,7,9-14H2,(H,37,38)/t21-,22+,25+/m0/s1. The number of alkyl halides is 7. The van der Waals surface area contributed by atoms with Gasteiger partial charge in [0.25, 0.3) is 5.91 Å². The minimum Gasteiger partial charge on any atom is -0.381 e. The minimum atomic E-state index is -6.36. The van der Waals surface area contributed by atoms with E-state index >= 15 is 0 Å². The monoisotopic (exact) mass is 641 g/mol. The number of aryl methyl sites for hydroxylation is 1. The molecule has 5 rings (SSSR count). The van der Waals surface area contributed by atoms with Gasteiger partial charge >= 0.3 is 18.0 Å². The van der Waals surface area contributed by atoms with Crippen molar-refractivity contribution in [3.8, 4) is 0 Å². The number of nitrogens with one attached hydrogen (secondary N) is 1. The van der Waals surface area contributed by atoms with Gasteiger partial charge in [-0.15, -0.1) is 0 Å².